The highest BCUT2D eigenvalue weighted by Gasteiger charge is 2.08. The quantitative estimate of drug-likeness (QED) is 0.775. The van der Waals surface area contributed by atoms with Gasteiger partial charge < -0.3 is 10.8 Å². The van der Waals surface area contributed by atoms with Crippen LogP contribution in [-0.4, -0.2) is 11.7 Å². The van der Waals surface area contributed by atoms with Crippen LogP contribution < -0.4 is 5.73 Å². The van der Waals surface area contributed by atoms with Gasteiger partial charge in [-0.2, -0.15) is 0 Å². The van der Waals surface area contributed by atoms with E-state index in [1.807, 2.05) is 12.1 Å². The Bertz CT molecular complexity index is 294. The second-order valence-corrected chi connectivity index (χ2v) is 4.42. The summed E-state index contributed by atoms with van der Waals surface area (Å²) in [5.41, 5.74) is 7.77. The van der Waals surface area contributed by atoms with Crippen LogP contribution in [0.2, 0.25) is 0 Å². The number of rotatable bonds is 6. The predicted octanol–water partition coefficient (Wildman–Crippen LogP) is 2.97. The molecule has 2 unspecified atom stereocenters. The highest BCUT2D eigenvalue weighted by Crippen LogP contribution is 2.23. The Labute approximate surface area is 98.5 Å². The summed E-state index contributed by atoms with van der Waals surface area (Å²) in [6.07, 6.45) is 2.40. The number of hydrogen-bond acceptors (Lipinski definition) is 2. The largest absolute Gasteiger partial charge is 0.388 e. The van der Waals surface area contributed by atoms with E-state index in [0.717, 1.165) is 24.8 Å². The Morgan fingerprint density at radius 3 is 2.25 bits per heavy atom. The number of aliphatic hydroxyl groups is 1. The zero-order valence-corrected chi connectivity index (χ0v) is 10.3. The Hall–Kier alpha value is -0.860. The van der Waals surface area contributed by atoms with Crippen molar-refractivity contribution in [2.75, 3.05) is 6.54 Å². The lowest BCUT2D eigenvalue weighted by molar-refractivity contribution is 0.165. The van der Waals surface area contributed by atoms with E-state index in [-0.39, 0.29) is 6.10 Å². The highest BCUT2D eigenvalue weighted by atomic mass is 16.3. The summed E-state index contributed by atoms with van der Waals surface area (Å²) in [4.78, 5) is 0. The number of benzene rings is 1. The second kappa shape index (κ2) is 6.66. The zero-order chi connectivity index (χ0) is 12.0. The van der Waals surface area contributed by atoms with Crippen molar-refractivity contribution in [1.29, 1.82) is 0 Å². The van der Waals surface area contributed by atoms with Crippen LogP contribution in [0, 0.1) is 0 Å². The lowest BCUT2D eigenvalue weighted by atomic mass is 9.96. The first-order valence-corrected chi connectivity index (χ1v) is 6.17. The van der Waals surface area contributed by atoms with E-state index in [4.69, 9.17) is 5.73 Å². The molecule has 0 fully saturated rings. The minimum absolute atomic E-state index is 0.366. The molecule has 2 heteroatoms. The molecule has 16 heavy (non-hydrogen) atoms. The van der Waals surface area contributed by atoms with Gasteiger partial charge in [-0.1, -0.05) is 38.1 Å². The Balaban J connectivity index is 2.63. The molecule has 3 N–H and O–H groups in total. The smallest absolute Gasteiger partial charge is 0.0790 e. The maximum atomic E-state index is 9.88. The van der Waals surface area contributed by atoms with Crippen molar-refractivity contribution in [1.82, 2.24) is 0 Å². The van der Waals surface area contributed by atoms with E-state index in [2.05, 4.69) is 26.0 Å². The zero-order valence-electron chi connectivity index (χ0n) is 10.3. The van der Waals surface area contributed by atoms with Crippen LogP contribution in [0.5, 0.6) is 0 Å². The van der Waals surface area contributed by atoms with Crippen LogP contribution in [-0.2, 0) is 0 Å². The van der Waals surface area contributed by atoms with E-state index in [1.54, 1.807) is 0 Å². The van der Waals surface area contributed by atoms with E-state index >= 15 is 0 Å². The van der Waals surface area contributed by atoms with Gasteiger partial charge in [0.05, 0.1) is 6.10 Å². The van der Waals surface area contributed by atoms with Gasteiger partial charge in [-0.05, 0) is 42.9 Å². The number of hydrogen-bond donors (Lipinski definition) is 2. The molecule has 1 aromatic carbocycles. The van der Waals surface area contributed by atoms with Crippen molar-refractivity contribution < 1.29 is 5.11 Å². The van der Waals surface area contributed by atoms with E-state index < -0.39 is 0 Å². The molecule has 0 bridgehead atoms. The van der Waals surface area contributed by atoms with Gasteiger partial charge in [0.2, 0.25) is 0 Å². The van der Waals surface area contributed by atoms with Crippen molar-refractivity contribution in [3.63, 3.8) is 0 Å². The molecule has 0 aromatic heterocycles. The van der Waals surface area contributed by atoms with Gasteiger partial charge in [-0.25, -0.2) is 0 Å². The molecule has 0 saturated heterocycles. The fourth-order valence-corrected chi connectivity index (χ4v) is 1.76. The fourth-order valence-electron chi connectivity index (χ4n) is 1.76. The average molecular weight is 221 g/mol. The maximum Gasteiger partial charge on any atom is 0.0790 e. The Morgan fingerprint density at radius 1 is 1.19 bits per heavy atom. The monoisotopic (exact) mass is 221 g/mol. The first-order valence-electron chi connectivity index (χ1n) is 6.17. The van der Waals surface area contributed by atoms with Gasteiger partial charge in [0.25, 0.3) is 0 Å². The predicted molar refractivity (Wildman–Crippen MR) is 68.4 cm³/mol. The number of nitrogens with two attached hydrogens (primary N) is 1. The standard InChI is InChI=1S/C14H23NO/c1-3-11(2)12-6-8-13(9-7-12)14(16)5-4-10-15/h6-9,11,14,16H,3-5,10,15H2,1-2H3. The Morgan fingerprint density at radius 2 is 1.75 bits per heavy atom. The first-order chi connectivity index (χ1) is 7.69. The van der Waals surface area contributed by atoms with Gasteiger partial charge in [-0.3, -0.25) is 0 Å². The molecular weight excluding hydrogens is 198 g/mol. The van der Waals surface area contributed by atoms with Crippen LogP contribution in [0.15, 0.2) is 24.3 Å². The van der Waals surface area contributed by atoms with Gasteiger partial charge in [0.1, 0.15) is 0 Å². The van der Waals surface area contributed by atoms with Crippen LogP contribution in [0.1, 0.15) is 56.3 Å². The summed E-state index contributed by atoms with van der Waals surface area (Å²) in [7, 11) is 0. The van der Waals surface area contributed by atoms with E-state index in [9.17, 15) is 5.11 Å². The fraction of sp³-hybridized carbons (Fsp3) is 0.571. The minimum Gasteiger partial charge on any atom is -0.388 e. The number of aliphatic hydroxyl groups excluding tert-OH is 1. The van der Waals surface area contributed by atoms with E-state index in [0.29, 0.717) is 12.5 Å². The van der Waals surface area contributed by atoms with Crippen molar-refractivity contribution in [2.24, 2.45) is 5.73 Å². The highest BCUT2D eigenvalue weighted by molar-refractivity contribution is 5.26. The summed E-state index contributed by atoms with van der Waals surface area (Å²) in [6, 6.07) is 8.30. The second-order valence-electron chi connectivity index (χ2n) is 4.42. The molecule has 1 aromatic rings. The average Bonchev–Trinajstić information content (AvgIpc) is 2.35. The summed E-state index contributed by atoms with van der Waals surface area (Å²) in [6.45, 7) is 5.05. The van der Waals surface area contributed by atoms with Crippen LogP contribution in [0.25, 0.3) is 0 Å². The molecule has 1 rings (SSSR count). The molecule has 0 amide bonds. The van der Waals surface area contributed by atoms with Crippen LogP contribution in [0.3, 0.4) is 0 Å². The summed E-state index contributed by atoms with van der Waals surface area (Å²) < 4.78 is 0. The van der Waals surface area contributed by atoms with Crippen LogP contribution in [0.4, 0.5) is 0 Å². The third-order valence-electron chi connectivity index (χ3n) is 3.18. The molecule has 2 atom stereocenters. The SMILES string of the molecule is CCC(C)c1ccc(C(O)CCCN)cc1. The first kappa shape index (κ1) is 13.2. The lowest BCUT2D eigenvalue weighted by Crippen LogP contribution is -2.04. The molecule has 0 radical (unpaired) electrons. The topological polar surface area (TPSA) is 46.2 Å². The third kappa shape index (κ3) is 3.62. The summed E-state index contributed by atoms with van der Waals surface area (Å²) >= 11 is 0. The molecule has 0 aliphatic rings. The Kier molecular flexibility index (Phi) is 5.50. The summed E-state index contributed by atoms with van der Waals surface area (Å²) in [5, 5.41) is 9.88. The maximum absolute atomic E-state index is 9.88. The molecule has 0 heterocycles. The van der Waals surface area contributed by atoms with Gasteiger partial charge in [-0.15, -0.1) is 0 Å². The van der Waals surface area contributed by atoms with Gasteiger partial charge in [0, 0.05) is 0 Å². The van der Waals surface area contributed by atoms with Gasteiger partial charge >= 0.3 is 0 Å². The summed E-state index contributed by atoms with van der Waals surface area (Å²) in [5.74, 6) is 0.593. The van der Waals surface area contributed by atoms with Crippen molar-refractivity contribution in [3.05, 3.63) is 35.4 Å². The molecule has 0 aliphatic carbocycles. The normalized spacial score (nSPS) is 14.8. The minimum atomic E-state index is -0.366. The van der Waals surface area contributed by atoms with Crippen LogP contribution >= 0.6 is 0 Å². The third-order valence-corrected chi connectivity index (χ3v) is 3.18. The molecule has 90 valence electrons. The molecule has 0 spiro atoms. The van der Waals surface area contributed by atoms with Crippen molar-refractivity contribution >= 4 is 0 Å². The molecule has 0 saturated carbocycles. The van der Waals surface area contributed by atoms with E-state index in [1.165, 1.54) is 5.56 Å². The molecular formula is C14H23NO. The van der Waals surface area contributed by atoms with Crippen molar-refractivity contribution in [3.8, 4) is 0 Å². The van der Waals surface area contributed by atoms with Crippen molar-refractivity contribution in [2.45, 2.75) is 45.1 Å². The molecule has 2 nitrogen and oxygen atoms in total. The molecule has 0 aliphatic heterocycles. The van der Waals surface area contributed by atoms with Gasteiger partial charge in [0.15, 0.2) is 0 Å². The lowest BCUT2D eigenvalue weighted by Gasteiger charge is -2.13.